The fourth-order valence-electron chi connectivity index (χ4n) is 2.99. The van der Waals surface area contributed by atoms with Crippen LogP contribution in [0.25, 0.3) is 0 Å². The largest absolute Gasteiger partial charge is 0.379 e. The first-order valence-corrected chi connectivity index (χ1v) is 8.24. The van der Waals surface area contributed by atoms with E-state index < -0.39 is 0 Å². The van der Waals surface area contributed by atoms with E-state index in [1.54, 1.807) is 7.11 Å². The van der Waals surface area contributed by atoms with Gasteiger partial charge in [0.15, 0.2) is 0 Å². The van der Waals surface area contributed by atoms with Crippen LogP contribution in [0.15, 0.2) is 18.2 Å². The fraction of sp³-hybridized carbons (Fsp3) is 0.647. The second-order valence-electron chi connectivity index (χ2n) is 6.13. The summed E-state index contributed by atoms with van der Waals surface area (Å²) in [5.41, 5.74) is 8.65. The molecule has 3 atom stereocenters. The molecule has 0 aromatic heterocycles. The highest BCUT2D eigenvalue weighted by Gasteiger charge is 2.27. The summed E-state index contributed by atoms with van der Waals surface area (Å²) >= 11 is 6.22. The molecule has 21 heavy (non-hydrogen) atoms. The standard InChI is InChI=1S/C17H27ClN2O/c1-4-15(19)9-13-5-6-14(18)10-16(13)20-8-7-12(2)17(11-20)21-3/h5-6,10,12,15,17H,4,7-9,11,19H2,1-3H3. The Labute approximate surface area is 133 Å². The van der Waals surface area contributed by atoms with Crippen LogP contribution < -0.4 is 10.6 Å². The maximum Gasteiger partial charge on any atom is 0.0772 e. The van der Waals surface area contributed by atoms with Gasteiger partial charge < -0.3 is 15.4 Å². The van der Waals surface area contributed by atoms with Crippen LogP contribution in [0.5, 0.6) is 0 Å². The van der Waals surface area contributed by atoms with E-state index >= 15 is 0 Å². The number of nitrogens with zero attached hydrogens (tertiary/aromatic N) is 1. The number of rotatable bonds is 5. The van der Waals surface area contributed by atoms with Crippen LogP contribution in [0, 0.1) is 5.92 Å². The molecule has 1 heterocycles. The van der Waals surface area contributed by atoms with Crippen molar-refractivity contribution in [2.45, 2.75) is 45.3 Å². The first-order valence-electron chi connectivity index (χ1n) is 7.86. The second kappa shape index (κ2) is 7.48. The Hall–Kier alpha value is -0.770. The van der Waals surface area contributed by atoms with Crippen LogP contribution in [-0.2, 0) is 11.2 Å². The Balaban J connectivity index is 2.23. The Morgan fingerprint density at radius 2 is 2.24 bits per heavy atom. The molecular weight excluding hydrogens is 284 g/mol. The van der Waals surface area contributed by atoms with Gasteiger partial charge in [-0.15, -0.1) is 0 Å². The predicted octanol–water partition coefficient (Wildman–Crippen LogP) is 3.48. The van der Waals surface area contributed by atoms with Crippen molar-refractivity contribution in [2.24, 2.45) is 11.7 Å². The second-order valence-corrected chi connectivity index (χ2v) is 6.57. The monoisotopic (exact) mass is 310 g/mol. The zero-order valence-corrected chi connectivity index (χ0v) is 14.1. The first-order chi connectivity index (χ1) is 10.0. The van der Waals surface area contributed by atoms with Crippen LogP contribution in [0.4, 0.5) is 5.69 Å². The average Bonchev–Trinajstić information content (AvgIpc) is 2.49. The van der Waals surface area contributed by atoms with Gasteiger partial charge in [-0.05, 0) is 42.9 Å². The number of benzene rings is 1. The van der Waals surface area contributed by atoms with Crippen molar-refractivity contribution in [3.05, 3.63) is 28.8 Å². The van der Waals surface area contributed by atoms with Crippen molar-refractivity contribution < 1.29 is 4.74 Å². The molecule has 3 nitrogen and oxygen atoms in total. The van der Waals surface area contributed by atoms with Crippen molar-refractivity contribution in [2.75, 3.05) is 25.1 Å². The number of halogens is 1. The van der Waals surface area contributed by atoms with Gasteiger partial charge in [-0.3, -0.25) is 0 Å². The number of hydrogen-bond acceptors (Lipinski definition) is 3. The molecule has 1 aliphatic rings. The van der Waals surface area contributed by atoms with Gasteiger partial charge in [0.1, 0.15) is 0 Å². The minimum Gasteiger partial charge on any atom is -0.379 e. The number of nitrogens with two attached hydrogens (primary N) is 1. The van der Waals surface area contributed by atoms with Gasteiger partial charge in [-0.25, -0.2) is 0 Å². The van der Waals surface area contributed by atoms with E-state index in [0.717, 1.165) is 37.4 Å². The van der Waals surface area contributed by atoms with Gasteiger partial charge >= 0.3 is 0 Å². The topological polar surface area (TPSA) is 38.5 Å². The molecular formula is C17H27ClN2O. The maximum absolute atomic E-state index is 6.22. The van der Waals surface area contributed by atoms with E-state index in [2.05, 4.69) is 30.9 Å². The lowest BCUT2D eigenvalue weighted by Gasteiger charge is -2.38. The summed E-state index contributed by atoms with van der Waals surface area (Å²) in [5.74, 6) is 0.604. The summed E-state index contributed by atoms with van der Waals surface area (Å²) in [6.07, 6.45) is 3.31. The molecule has 0 aliphatic carbocycles. The Kier molecular flexibility index (Phi) is 5.91. The van der Waals surface area contributed by atoms with Crippen molar-refractivity contribution in [1.82, 2.24) is 0 Å². The zero-order valence-electron chi connectivity index (χ0n) is 13.3. The molecule has 0 amide bonds. The van der Waals surface area contributed by atoms with Crippen LogP contribution in [0.2, 0.25) is 5.02 Å². The third-order valence-electron chi connectivity index (χ3n) is 4.59. The third kappa shape index (κ3) is 4.12. The lowest BCUT2D eigenvalue weighted by molar-refractivity contribution is 0.0498. The van der Waals surface area contributed by atoms with Gasteiger partial charge in [0.05, 0.1) is 6.10 Å². The molecule has 0 radical (unpaired) electrons. The van der Waals surface area contributed by atoms with Crippen LogP contribution in [-0.4, -0.2) is 32.3 Å². The summed E-state index contributed by atoms with van der Waals surface area (Å²) in [6.45, 7) is 6.36. The summed E-state index contributed by atoms with van der Waals surface area (Å²) in [5, 5.41) is 0.784. The molecule has 1 aromatic rings. The zero-order chi connectivity index (χ0) is 15.4. The molecule has 0 saturated carbocycles. The minimum absolute atomic E-state index is 0.201. The molecule has 1 fully saturated rings. The van der Waals surface area contributed by atoms with E-state index in [-0.39, 0.29) is 12.1 Å². The fourth-order valence-corrected chi connectivity index (χ4v) is 3.16. The van der Waals surface area contributed by atoms with Crippen molar-refractivity contribution in [3.63, 3.8) is 0 Å². The van der Waals surface area contributed by atoms with E-state index in [0.29, 0.717) is 5.92 Å². The summed E-state index contributed by atoms with van der Waals surface area (Å²) in [4.78, 5) is 2.40. The van der Waals surface area contributed by atoms with Gasteiger partial charge in [-0.1, -0.05) is 31.5 Å². The highest BCUT2D eigenvalue weighted by atomic mass is 35.5. The first kappa shape index (κ1) is 16.6. The molecule has 2 N–H and O–H groups in total. The van der Waals surface area contributed by atoms with Crippen LogP contribution in [0.1, 0.15) is 32.3 Å². The molecule has 0 spiro atoms. The SMILES string of the molecule is CCC(N)Cc1ccc(Cl)cc1N1CCC(C)C(OC)C1. The third-order valence-corrected chi connectivity index (χ3v) is 4.82. The van der Waals surface area contributed by atoms with Gasteiger partial charge in [-0.2, -0.15) is 0 Å². The lowest BCUT2D eigenvalue weighted by Crippen LogP contribution is -2.44. The van der Waals surface area contributed by atoms with Gasteiger partial charge in [0.2, 0.25) is 0 Å². The van der Waals surface area contributed by atoms with Gasteiger partial charge in [0, 0.05) is 37.0 Å². The molecule has 1 saturated heterocycles. The predicted molar refractivity (Wildman–Crippen MR) is 90.2 cm³/mol. The van der Waals surface area contributed by atoms with E-state index in [9.17, 15) is 0 Å². The molecule has 3 unspecified atom stereocenters. The molecule has 118 valence electrons. The maximum atomic E-state index is 6.22. The minimum atomic E-state index is 0.201. The highest BCUT2D eigenvalue weighted by molar-refractivity contribution is 6.30. The highest BCUT2D eigenvalue weighted by Crippen LogP contribution is 2.30. The van der Waals surface area contributed by atoms with Crippen molar-refractivity contribution in [1.29, 1.82) is 0 Å². The number of hydrogen-bond donors (Lipinski definition) is 1. The summed E-state index contributed by atoms with van der Waals surface area (Å²) in [6, 6.07) is 6.35. The Bertz CT molecular complexity index is 466. The van der Waals surface area contributed by atoms with Crippen molar-refractivity contribution >= 4 is 17.3 Å². The number of methoxy groups -OCH3 is 1. The lowest BCUT2D eigenvalue weighted by atomic mass is 9.94. The summed E-state index contributed by atoms with van der Waals surface area (Å²) < 4.78 is 5.63. The van der Waals surface area contributed by atoms with E-state index in [1.165, 1.54) is 11.3 Å². The number of ether oxygens (including phenoxy) is 1. The summed E-state index contributed by atoms with van der Waals surface area (Å²) in [7, 11) is 1.80. The molecule has 4 heteroatoms. The molecule has 1 aromatic carbocycles. The normalized spacial score (nSPS) is 24.1. The Morgan fingerprint density at radius 1 is 1.48 bits per heavy atom. The van der Waals surface area contributed by atoms with E-state index in [1.807, 2.05) is 6.07 Å². The smallest absolute Gasteiger partial charge is 0.0772 e. The number of piperidine rings is 1. The molecule has 2 rings (SSSR count). The van der Waals surface area contributed by atoms with Crippen LogP contribution >= 0.6 is 11.6 Å². The molecule has 1 aliphatic heterocycles. The number of anilines is 1. The van der Waals surface area contributed by atoms with Crippen molar-refractivity contribution in [3.8, 4) is 0 Å². The average molecular weight is 311 g/mol. The quantitative estimate of drug-likeness (QED) is 0.905. The molecule has 0 bridgehead atoms. The Morgan fingerprint density at radius 3 is 2.90 bits per heavy atom. The van der Waals surface area contributed by atoms with Gasteiger partial charge in [0.25, 0.3) is 0 Å². The van der Waals surface area contributed by atoms with Crippen LogP contribution in [0.3, 0.4) is 0 Å². The van der Waals surface area contributed by atoms with E-state index in [4.69, 9.17) is 22.1 Å².